The highest BCUT2D eigenvalue weighted by molar-refractivity contribution is 6.00. The minimum atomic E-state index is -4.47. The van der Waals surface area contributed by atoms with E-state index in [2.05, 4.69) is 22.1 Å². The van der Waals surface area contributed by atoms with Crippen molar-refractivity contribution < 1.29 is 27.5 Å². The molecule has 0 bridgehead atoms. The van der Waals surface area contributed by atoms with Crippen LogP contribution in [0.2, 0.25) is 0 Å². The van der Waals surface area contributed by atoms with Crippen molar-refractivity contribution in [3.8, 4) is 11.3 Å². The average molecular weight is 460 g/mol. The van der Waals surface area contributed by atoms with Gasteiger partial charge in [0.15, 0.2) is 5.82 Å². The molecule has 10 heteroatoms. The number of hydrogen-bond donors (Lipinski definition) is 2. The third-order valence-corrected chi connectivity index (χ3v) is 5.73. The van der Waals surface area contributed by atoms with Crippen LogP contribution in [0.3, 0.4) is 0 Å². The number of carbonyl (C=O) groups excluding carboxylic acids is 1. The SMILES string of the molecule is C=CC(=O)N1C[C@@H](CO)[C@H](Nc2nnc(-c3ccc(C(F)(F)F)cc3)c3cccc(F)c23)C1. The van der Waals surface area contributed by atoms with Crippen molar-refractivity contribution in [2.75, 3.05) is 25.0 Å². The number of alkyl halides is 3. The number of nitrogens with zero attached hydrogens (tertiary/aromatic N) is 3. The Bertz CT molecular complexity index is 1200. The number of carbonyl (C=O) groups is 1. The number of fused-ring (bicyclic) bond motifs is 1. The second kappa shape index (κ2) is 8.78. The molecule has 2 atom stereocenters. The van der Waals surface area contributed by atoms with Crippen molar-refractivity contribution >= 4 is 22.5 Å². The number of amides is 1. The van der Waals surface area contributed by atoms with Crippen LogP contribution in [0.5, 0.6) is 0 Å². The van der Waals surface area contributed by atoms with Crippen molar-refractivity contribution in [3.63, 3.8) is 0 Å². The summed E-state index contributed by atoms with van der Waals surface area (Å²) in [6.07, 6.45) is -3.29. The lowest BCUT2D eigenvalue weighted by Gasteiger charge is -2.20. The molecule has 1 aromatic heterocycles. The zero-order chi connectivity index (χ0) is 23.8. The van der Waals surface area contributed by atoms with Crippen LogP contribution in [0.15, 0.2) is 55.1 Å². The van der Waals surface area contributed by atoms with Crippen LogP contribution in [0.1, 0.15) is 5.56 Å². The zero-order valence-electron chi connectivity index (χ0n) is 17.3. The molecule has 1 amide bonds. The van der Waals surface area contributed by atoms with Crippen molar-refractivity contribution in [2.45, 2.75) is 12.2 Å². The Morgan fingerprint density at radius 3 is 2.55 bits per heavy atom. The Morgan fingerprint density at radius 2 is 1.91 bits per heavy atom. The lowest BCUT2D eigenvalue weighted by Crippen LogP contribution is -2.32. The summed E-state index contributed by atoms with van der Waals surface area (Å²) >= 11 is 0. The first-order chi connectivity index (χ1) is 15.7. The van der Waals surface area contributed by atoms with Gasteiger partial charge >= 0.3 is 6.18 Å². The average Bonchev–Trinajstić information content (AvgIpc) is 3.21. The fourth-order valence-corrected chi connectivity index (χ4v) is 4.00. The molecular weight excluding hydrogens is 440 g/mol. The minimum absolute atomic E-state index is 0.118. The first-order valence-corrected chi connectivity index (χ1v) is 10.1. The number of aromatic nitrogens is 2. The molecule has 1 aliphatic heterocycles. The van der Waals surface area contributed by atoms with Crippen LogP contribution in [0.4, 0.5) is 23.4 Å². The van der Waals surface area contributed by atoms with E-state index in [1.807, 2.05) is 0 Å². The van der Waals surface area contributed by atoms with Gasteiger partial charge in [-0.15, -0.1) is 10.2 Å². The van der Waals surface area contributed by atoms with Crippen LogP contribution >= 0.6 is 0 Å². The minimum Gasteiger partial charge on any atom is -0.396 e. The molecule has 2 N–H and O–H groups in total. The molecule has 0 aliphatic carbocycles. The van der Waals surface area contributed by atoms with E-state index in [1.54, 1.807) is 6.07 Å². The number of aliphatic hydroxyl groups excluding tert-OH is 1. The Morgan fingerprint density at radius 1 is 1.18 bits per heavy atom. The third-order valence-electron chi connectivity index (χ3n) is 5.73. The van der Waals surface area contributed by atoms with Gasteiger partial charge in [0.1, 0.15) is 11.5 Å². The maximum atomic E-state index is 14.9. The van der Waals surface area contributed by atoms with Crippen molar-refractivity contribution in [1.29, 1.82) is 0 Å². The molecule has 2 heterocycles. The number of rotatable bonds is 5. The van der Waals surface area contributed by atoms with Gasteiger partial charge in [-0.1, -0.05) is 30.8 Å². The van der Waals surface area contributed by atoms with E-state index >= 15 is 0 Å². The van der Waals surface area contributed by atoms with E-state index in [-0.39, 0.29) is 41.9 Å². The summed E-state index contributed by atoms with van der Waals surface area (Å²) < 4.78 is 53.6. The molecule has 0 unspecified atom stereocenters. The van der Waals surface area contributed by atoms with Gasteiger partial charge in [-0.3, -0.25) is 4.79 Å². The maximum absolute atomic E-state index is 14.9. The van der Waals surface area contributed by atoms with Crippen LogP contribution in [0, 0.1) is 11.7 Å². The molecule has 0 radical (unpaired) electrons. The van der Waals surface area contributed by atoms with Crippen LogP contribution in [-0.2, 0) is 11.0 Å². The van der Waals surface area contributed by atoms with Gasteiger partial charge in [0, 0.05) is 36.6 Å². The van der Waals surface area contributed by atoms with Crippen LogP contribution < -0.4 is 5.32 Å². The number of halogens is 4. The van der Waals surface area contributed by atoms with Gasteiger partial charge in [0.2, 0.25) is 5.91 Å². The second-order valence-electron chi connectivity index (χ2n) is 7.78. The Labute approximate surface area is 186 Å². The zero-order valence-corrected chi connectivity index (χ0v) is 17.3. The number of nitrogens with one attached hydrogen (secondary N) is 1. The molecule has 4 rings (SSSR count). The maximum Gasteiger partial charge on any atom is 0.416 e. The van der Waals surface area contributed by atoms with Gasteiger partial charge < -0.3 is 15.3 Å². The summed E-state index contributed by atoms with van der Waals surface area (Å²) in [6.45, 7) is 3.83. The Kier molecular flexibility index (Phi) is 6.03. The van der Waals surface area contributed by atoms with Gasteiger partial charge in [0.05, 0.1) is 17.0 Å². The summed E-state index contributed by atoms with van der Waals surface area (Å²) in [4.78, 5) is 13.5. The number of benzene rings is 2. The van der Waals surface area contributed by atoms with Gasteiger partial charge in [-0.25, -0.2) is 4.39 Å². The van der Waals surface area contributed by atoms with Gasteiger partial charge in [-0.2, -0.15) is 13.2 Å². The standard InChI is InChI=1S/C23H20F4N4O2/c1-2-19(33)31-10-14(12-32)18(11-31)28-22-20-16(4-3-5-17(20)24)21(29-30-22)13-6-8-15(9-7-13)23(25,26)27/h2-9,14,18,32H,1,10-12H2,(H,28,30)/t14-,18+/m0/s1. The number of hydrogen-bond acceptors (Lipinski definition) is 5. The lowest BCUT2D eigenvalue weighted by atomic mass is 10.0. The summed E-state index contributed by atoms with van der Waals surface area (Å²) in [5, 5.41) is 21.6. The van der Waals surface area contributed by atoms with E-state index in [0.717, 1.165) is 12.1 Å². The van der Waals surface area contributed by atoms with Crippen LogP contribution in [0.25, 0.3) is 22.0 Å². The molecule has 33 heavy (non-hydrogen) atoms. The summed E-state index contributed by atoms with van der Waals surface area (Å²) in [5.41, 5.74) is -0.213. The molecular formula is C23H20F4N4O2. The highest BCUT2D eigenvalue weighted by Crippen LogP contribution is 2.35. The smallest absolute Gasteiger partial charge is 0.396 e. The van der Waals surface area contributed by atoms with Crippen molar-refractivity contribution in [3.05, 3.63) is 66.5 Å². The molecule has 1 fully saturated rings. The van der Waals surface area contributed by atoms with Crippen LogP contribution in [-0.4, -0.2) is 51.8 Å². The molecule has 172 valence electrons. The largest absolute Gasteiger partial charge is 0.416 e. The van der Waals surface area contributed by atoms with Gasteiger partial charge in [0.25, 0.3) is 0 Å². The fourth-order valence-electron chi connectivity index (χ4n) is 4.00. The van der Waals surface area contributed by atoms with E-state index < -0.39 is 23.6 Å². The Hall–Kier alpha value is -3.53. The quantitative estimate of drug-likeness (QED) is 0.447. The first kappa shape index (κ1) is 22.7. The molecule has 6 nitrogen and oxygen atoms in total. The van der Waals surface area contributed by atoms with Crippen molar-refractivity contribution in [2.24, 2.45) is 5.92 Å². The number of anilines is 1. The predicted molar refractivity (Wildman–Crippen MR) is 115 cm³/mol. The first-order valence-electron chi connectivity index (χ1n) is 10.1. The van der Waals surface area contributed by atoms with E-state index in [4.69, 9.17) is 0 Å². The van der Waals surface area contributed by atoms with E-state index in [0.29, 0.717) is 17.5 Å². The summed E-state index contributed by atoms with van der Waals surface area (Å²) in [6, 6.07) is 8.33. The highest BCUT2D eigenvalue weighted by Gasteiger charge is 2.35. The third kappa shape index (κ3) is 4.38. The fraction of sp³-hybridized carbons (Fsp3) is 0.261. The molecule has 1 aliphatic rings. The number of likely N-dealkylation sites (tertiary alicyclic amines) is 1. The van der Waals surface area contributed by atoms with E-state index in [9.17, 15) is 27.5 Å². The summed E-state index contributed by atoms with van der Waals surface area (Å²) in [5.74, 6) is -1.06. The van der Waals surface area contributed by atoms with Gasteiger partial charge in [-0.05, 0) is 24.3 Å². The number of aliphatic hydroxyl groups is 1. The second-order valence-corrected chi connectivity index (χ2v) is 7.78. The summed E-state index contributed by atoms with van der Waals surface area (Å²) in [7, 11) is 0. The molecule has 0 saturated carbocycles. The molecule has 2 aromatic carbocycles. The topological polar surface area (TPSA) is 78.4 Å². The Balaban J connectivity index is 1.72. The molecule has 3 aromatic rings. The highest BCUT2D eigenvalue weighted by atomic mass is 19.4. The molecule has 0 spiro atoms. The lowest BCUT2D eigenvalue weighted by molar-refractivity contribution is -0.137. The monoisotopic (exact) mass is 460 g/mol. The predicted octanol–water partition coefficient (Wildman–Crippen LogP) is 3.87. The van der Waals surface area contributed by atoms with Crippen molar-refractivity contribution in [1.82, 2.24) is 15.1 Å². The normalized spacial score (nSPS) is 18.5. The van der Waals surface area contributed by atoms with E-state index in [1.165, 1.54) is 35.2 Å². The molecule has 1 saturated heterocycles.